The third-order valence-corrected chi connectivity index (χ3v) is 4.78. The van der Waals surface area contributed by atoms with Gasteiger partial charge in [-0.2, -0.15) is 0 Å². The van der Waals surface area contributed by atoms with Crippen LogP contribution in [0.2, 0.25) is 0 Å². The first-order valence-electron chi connectivity index (χ1n) is 6.65. The molecule has 0 aliphatic heterocycles. The predicted molar refractivity (Wildman–Crippen MR) is 78.2 cm³/mol. The molecule has 2 N–H and O–H groups in total. The Bertz CT molecular complexity index is 540. The van der Waals surface area contributed by atoms with Crippen molar-refractivity contribution in [1.29, 1.82) is 0 Å². The zero-order chi connectivity index (χ0) is 15.3. The van der Waals surface area contributed by atoms with Gasteiger partial charge in [0.25, 0.3) is 0 Å². The molecule has 0 aromatic heterocycles. The lowest BCUT2D eigenvalue weighted by atomic mass is 10.0. The van der Waals surface area contributed by atoms with Gasteiger partial charge in [-0.05, 0) is 30.0 Å². The van der Waals surface area contributed by atoms with Crippen molar-refractivity contribution < 1.29 is 18.3 Å². The van der Waals surface area contributed by atoms with E-state index < -0.39 is 10.0 Å². The summed E-state index contributed by atoms with van der Waals surface area (Å²) in [6.07, 6.45) is 0.716. The van der Waals surface area contributed by atoms with Crippen LogP contribution >= 0.6 is 0 Å². The Hall–Kier alpha value is -1.11. The molecule has 0 fully saturated rings. The van der Waals surface area contributed by atoms with E-state index in [1.807, 2.05) is 20.8 Å². The number of sulfonamides is 1. The van der Waals surface area contributed by atoms with E-state index in [-0.39, 0.29) is 29.2 Å². The average Bonchev–Trinajstić information content (AvgIpc) is 2.43. The zero-order valence-corrected chi connectivity index (χ0v) is 13.2. The molecule has 0 saturated heterocycles. The number of hydrogen-bond acceptors (Lipinski definition) is 4. The van der Waals surface area contributed by atoms with Gasteiger partial charge in [0.1, 0.15) is 10.6 Å². The Morgan fingerprint density at radius 2 is 2.00 bits per heavy atom. The zero-order valence-electron chi connectivity index (χ0n) is 12.4. The second kappa shape index (κ2) is 7.06. The van der Waals surface area contributed by atoms with Crippen molar-refractivity contribution in [3.8, 4) is 5.75 Å². The van der Waals surface area contributed by atoms with E-state index in [1.54, 1.807) is 6.07 Å². The third kappa shape index (κ3) is 3.94. The summed E-state index contributed by atoms with van der Waals surface area (Å²) in [4.78, 5) is 0.0938. The van der Waals surface area contributed by atoms with Gasteiger partial charge in [0.05, 0.1) is 13.7 Å². The Labute approximate surface area is 121 Å². The molecule has 1 unspecified atom stereocenters. The Balaban J connectivity index is 3.15. The molecule has 1 aromatic rings. The van der Waals surface area contributed by atoms with Gasteiger partial charge >= 0.3 is 0 Å². The fourth-order valence-electron chi connectivity index (χ4n) is 1.99. The molecule has 0 heterocycles. The summed E-state index contributed by atoms with van der Waals surface area (Å²) < 4.78 is 32.7. The highest BCUT2D eigenvalue weighted by Crippen LogP contribution is 2.25. The fourth-order valence-corrected chi connectivity index (χ4v) is 3.60. The van der Waals surface area contributed by atoms with Gasteiger partial charge in [0.2, 0.25) is 10.0 Å². The lowest BCUT2D eigenvalue weighted by molar-refractivity contribution is 0.280. The molecular formula is C14H23NO4S. The topological polar surface area (TPSA) is 75.6 Å². The van der Waals surface area contributed by atoms with Crippen LogP contribution in [0.15, 0.2) is 23.1 Å². The summed E-state index contributed by atoms with van der Waals surface area (Å²) in [5.74, 6) is 0.445. The third-order valence-electron chi connectivity index (χ3n) is 3.25. The van der Waals surface area contributed by atoms with Crippen LogP contribution in [0.1, 0.15) is 32.8 Å². The van der Waals surface area contributed by atoms with Crippen LogP contribution in [-0.2, 0) is 16.6 Å². The number of methoxy groups -OCH3 is 1. The first-order valence-corrected chi connectivity index (χ1v) is 8.14. The van der Waals surface area contributed by atoms with E-state index >= 15 is 0 Å². The molecule has 0 radical (unpaired) electrons. The number of benzene rings is 1. The van der Waals surface area contributed by atoms with Crippen LogP contribution in [0.25, 0.3) is 0 Å². The first-order chi connectivity index (χ1) is 9.35. The smallest absolute Gasteiger partial charge is 0.244 e. The van der Waals surface area contributed by atoms with Crippen LogP contribution in [0.3, 0.4) is 0 Å². The summed E-state index contributed by atoms with van der Waals surface area (Å²) in [6, 6.07) is 4.44. The maximum atomic E-state index is 12.4. The van der Waals surface area contributed by atoms with Gasteiger partial charge in [-0.3, -0.25) is 0 Å². The molecule has 114 valence electrons. The van der Waals surface area contributed by atoms with Crippen molar-refractivity contribution >= 4 is 10.0 Å². The summed E-state index contributed by atoms with van der Waals surface area (Å²) in [5, 5.41) is 9.09. The monoisotopic (exact) mass is 301 g/mol. The van der Waals surface area contributed by atoms with Crippen LogP contribution in [0.5, 0.6) is 5.75 Å². The summed E-state index contributed by atoms with van der Waals surface area (Å²) >= 11 is 0. The number of aliphatic hydroxyl groups is 1. The number of ether oxygens (including phenoxy) is 1. The Morgan fingerprint density at radius 1 is 1.35 bits per heavy atom. The molecule has 0 aliphatic rings. The van der Waals surface area contributed by atoms with E-state index in [4.69, 9.17) is 9.84 Å². The first kappa shape index (κ1) is 16.9. The molecule has 6 heteroatoms. The van der Waals surface area contributed by atoms with Gasteiger partial charge in [0, 0.05) is 6.04 Å². The van der Waals surface area contributed by atoms with Gasteiger partial charge in [-0.1, -0.05) is 26.8 Å². The molecule has 0 spiro atoms. The molecule has 1 atom stereocenters. The van der Waals surface area contributed by atoms with Crippen molar-refractivity contribution in [3.05, 3.63) is 23.8 Å². The van der Waals surface area contributed by atoms with Crippen molar-refractivity contribution in [1.82, 2.24) is 4.72 Å². The minimum Gasteiger partial charge on any atom is -0.495 e. The summed E-state index contributed by atoms with van der Waals surface area (Å²) in [5.41, 5.74) is 0.608. The van der Waals surface area contributed by atoms with Crippen molar-refractivity contribution in [2.75, 3.05) is 7.11 Å². The number of rotatable bonds is 7. The van der Waals surface area contributed by atoms with Gasteiger partial charge in [-0.15, -0.1) is 0 Å². The van der Waals surface area contributed by atoms with Crippen LogP contribution < -0.4 is 9.46 Å². The lowest BCUT2D eigenvalue weighted by Crippen LogP contribution is -2.38. The average molecular weight is 301 g/mol. The Kier molecular flexibility index (Phi) is 5.98. The molecule has 5 nitrogen and oxygen atoms in total. The second-order valence-electron chi connectivity index (χ2n) is 5.02. The highest BCUT2D eigenvalue weighted by molar-refractivity contribution is 7.89. The highest BCUT2D eigenvalue weighted by atomic mass is 32.2. The van der Waals surface area contributed by atoms with E-state index in [2.05, 4.69) is 4.72 Å². The largest absolute Gasteiger partial charge is 0.495 e. The van der Waals surface area contributed by atoms with E-state index in [9.17, 15) is 8.42 Å². The van der Waals surface area contributed by atoms with Crippen molar-refractivity contribution in [2.45, 2.75) is 44.7 Å². The predicted octanol–water partition coefficient (Wildman–Crippen LogP) is 1.90. The van der Waals surface area contributed by atoms with Crippen LogP contribution in [0, 0.1) is 5.92 Å². The van der Waals surface area contributed by atoms with Crippen molar-refractivity contribution in [2.24, 2.45) is 5.92 Å². The normalized spacial score (nSPS) is 13.5. The minimum atomic E-state index is -3.64. The van der Waals surface area contributed by atoms with Crippen LogP contribution in [0.4, 0.5) is 0 Å². The molecule has 1 aromatic carbocycles. The minimum absolute atomic E-state index is 0.0938. The summed E-state index contributed by atoms with van der Waals surface area (Å²) in [6.45, 7) is 5.73. The number of hydrogen-bond donors (Lipinski definition) is 2. The van der Waals surface area contributed by atoms with E-state index in [0.717, 1.165) is 0 Å². The highest BCUT2D eigenvalue weighted by Gasteiger charge is 2.24. The molecule has 0 bridgehead atoms. The lowest BCUT2D eigenvalue weighted by Gasteiger charge is -2.21. The standard InChI is InChI=1S/C14H23NO4S/c1-5-12(10(2)3)15-20(17,18)14-7-6-11(9-16)8-13(14)19-4/h6-8,10,12,15-16H,5,9H2,1-4H3. The van der Waals surface area contributed by atoms with Gasteiger partial charge in [0.15, 0.2) is 0 Å². The molecular weight excluding hydrogens is 278 g/mol. The maximum absolute atomic E-state index is 12.4. The molecule has 20 heavy (non-hydrogen) atoms. The van der Waals surface area contributed by atoms with E-state index in [1.165, 1.54) is 19.2 Å². The maximum Gasteiger partial charge on any atom is 0.244 e. The molecule has 1 rings (SSSR count). The van der Waals surface area contributed by atoms with E-state index in [0.29, 0.717) is 12.0 Å². The van der Waals surface area contributed by atoms with Crippen molar-refractivity contribution in [3.63, 3.8) is 0 Å². The number of aliphatic hydroxyl groups excluding tert-OH is 1. The molecule has 0 aliphatic carbocycles. The quantitative estimate of drug-likeness (QED) is 0.806. The fraction of sp³-hybridized carbons (Fsp3) is 0.571. The Morgan fingerprint density at radius 3 is 2.45 bits per heavy atom. The second-order valence-corrected chi connectivity index (χ2v) is 6.71. The van der Waals surface area contributed by atoms with Gasteiger partial charge < -0.3 is 9.84 Å². The number of nitrogens with one attached hydrogen (secondary N) is 1. The van der Waals surface area contributed by atoms with Gasteiger partial charge in [-0.25, -0.2) is 13.1 Å². The SMILES string of the molecule is CCC(NS(=O)(=O)c1ccc(CO)cc1OC)C(C)C. The molecule has 0 saturated carbocycles. The summed E-state index contributed by atoms with van der Waals surface area (Å²) in [7, 11) is -2.23. The molecule has 0 amide bonds. The van der Waals surface area contributed by atoms with Crippen LogP contribution in [-0.4, -0.2) is 26.7 Å².